The first-order valence-electron chi connectivity index (χ1n) is 11.0. The van der Waals surface area contributed by atoms with Gasteiger partial charge in [0.15, 0.2) is 5.65 Å². The van der Waals surface area contributed by atoms with E-state index in [4.69, 9.17) is 14.5 Å². The van der Waals surface area contributed by atoms with Crippen molar-refractivity contribution in [3.05, 3.63) is 114 Å². The average Bonchev–Trinajstić information content (AvgIpc) is 3.31. The van der Waals surface area contributed by atoms with Gasteiger partial charge < -0.3 is 9.47 Å². The maximum absolute atomic E-state index is 13.5. The lowest BCUT2D eigenvalue weighted by Gasteiger charge is -2.01. The van der Waals surface area contributed by atoms with E-state index in [1.807, 2.05) is 42.5 Å². The van der Waals surface area contributed by atoms with Gasteiger partial charge in [0.1, 0.15) is 0 Å². The van der Waals surface area contributed by atoms with Gasteiger partial charge in [0.05, 0.1) is 45.4 Å². The normalized spacial score (nSPS) is 12.3. The van der Waals surface area contributed by atoms with E-state index in [2.05, 4.69) is 0 Å². The number of rotatable bonds is 4. The highest BCUT2D eigenvalue weighted by Crippen LogP contribution is 2.13. The molecule has 0 fully saturated rings. The lowest BCUT2D eigenvalue weighted by Crippen LogP contribution is -2.32. The number of imidazole rings is 1. The molecule has 0 bridgehead atoms. The lowest BCUT2D eigenvalue weighted by molar-refractivity contribution is 0.0592. The Kier molecular flexibility index (Phi) is 6.18. The highest BCUT2D eigenvalue weighted by molar-refractivity contribution is 7.07. The number of hydrogen-bond acceptors (Lipinski definition) is 7. The summed E-state index contributed by atoms with van der Waals surface area (Å²) in [6.45, 7) is 0. The fraction of sp³-hybridized carbons (Fsp3) is 0.0714. The summed E-state index contributed by atoms with van der Waals surface area (Å²) < 4.78 is 12.4. The standard InChI is InChI=1S/C28H20N2O5S/c1-34-27(32)19-11-7-17(8-12-19)15-23-25-29-21-5-3-4-6-22(21)30(25)26(31)24(36-23)16-18-9-13-20(14-10-18)28(33)35-2/h3-16H,1-2H3. The van der Waals surface area contributed by atoms with Crippen LogP contribution in [0.2, 0.25) is 0 Å². The van der Waals surface area contributed by atoms with Gasteiger partial charge in [-0.15, -0.1) is 11.3 Å². The molecule has 0 atom stereocenters. The van der Waals surface area contributed by atoms with E-state index >= 15 is 0 Å². The fourth-order valence-corrected chi connectivity index (χ4v) is 4.90. The molecule has 2 heterocycles. The zero-order chi connectivity index (χ0) is 25.2. The summed E-state index contributed by atoms with van der Waals surface area (Å²) in [4.78, 5) is 41.8. The lowest BCUT2D eigenvalue weighted by atomic mass is 10.1. The maximum atomic E-state index is 13.5. The number of aromatic nitrogens is 2. The molecular formula is C28H20N2O5S. The summed E-state index contributed by atoms with van der Waals surface area (Å²) in [6, 6.07) is 21.4. The van der Waals surface area contributed by atoms with Gasteiger partial charge in [-0.05, 0) is 59.7 Å². The van der Waals surface area contributed by atoms with E-state index in [-0.39, 0.29) is 5.56 Å². The van der Waals surface area contributed by atoms with Crippen molar-refractivity contribution in [2.45, 2.75) is 0 Å². The summed E-state index contributed by atoms with van der Waals surface area (Å²) >= 11 is 1.32. The smallest absolute Gasteiger partial charge is 0.337 e. The van der Waals surface area contributed by atoms with Crippen molar-refractivity contribution in [3.8, 4) is 0 Å². The molecule has 0 radical (unpaired) electrons. The molecule has 5 rings (SSSR count). The quantitative estimate of drug-likeness (QED) is 0.356. The monoisotopic (exact) mass is 496 g/mol. The first-order chi connectivity index (χ1) is 17.5. The number of methoxy groups -OCH3 is 2. The van der Waals surface area contributed by atoms with Crippen LogP contribution in [0.3, 0.4) is 0 Å². The molecule has 0 spiro atoms. The van der Waals surface area contributed by atoms with Crippen LogP contribution < -0.4 is 14.6 Å². The number of hydrogen-bond donors (Lipinski definition) is 0. The predicted octanol–water partition coefficient (Wildman–Crippen LogP) is 3.14. The van der Waals surface area contributed by atoms with Crippen LogP contribution in [-0.2, 0) is 9.47 Å². The SMILES string of the molecule is COC(=O)c1ccc(C=c2sc(=Cc3ccc(C(=O)OC)cc3)c3nc4ccccc4n3c2=O)cc1. The molecular weight excluding hydrogens is 476 g/mol. The number of carbonyl (C=O) groups excluding carboxylic acids is 2. The van der Waals surface area contributed by atoms with Gasteiger partial charge in [-0.3, -0.25) is 9.20 Å². The Hall–Kier alpha value is -4.56. The van der Waals surface area contributed by atoms with Crippen molar-refractivity contribution in [1.29, 1.82) is 0 Å². The van der Waals surface area contributed by atoms with Gasteiger partial charge in [-0.25, -0.2) is 14.6 Å². The van der Waals surface area contributed by atoms with Crippen LogP contribution in [0, 0.1) is 0 Å². The van der Waals surface area contributed by atoms with E-state index in [1.54, 1.807) is 46.9 Å². The third kappa shape index (κ3) is 4.30. The Morgan fingerprint density at radius 3 is 1.86 bits per heavy atom. The number of fused-ring (bicyclic) bond motifs is 3. The fourth-order valence-electron chi connectivity index (χ4n) is 3.87. The average molecular weight is 497 g/mol. The largest absolute Gasteiger partial charge is 0.465 e. The molecule has 0 aliphatic rings. The van der Waals surface area contributed by atoms with Crippen molar-refractivity contribution in [1.82, 2.24) is 9.38 Å². The van der Waals surface area contributed by atoms with Crippen LogP contribution in [0.4, 0.5) is 0 Å². The van der Waals surface area contributed by atoms with Gasteiger partial charge in [0.2, 0.25) is 0 Å². The van der Waals surface area contributed by atoms with Gasteiger partial charge in [0, 0.05) is 0 Å². The van der Waals surface area contributed by atoms with Crippen molar-refractivity contribution in [2.24, 2.45) is 0 Å². The third-order valence-corrected chi connectivity index (χ3v) is 6.71. The zero-order valence-electron chi connectivity index (χ0n) is 19.4. The molecule has 0 saturated carbocycles. The highest BCUT2D eigenvalue weighted by Gasteiger charge is 2.11. The molecule has 0 aliphatic carbocycles. The van der Waals surface area contributed by atoms with Crippen LogP contribution >= 0.6 is 11.3 Å². The minimum absolute atomic E-state index is 0.182. The number of esters is 2. The molecule has 0 aliphatic heterocycles. The van der Waals surface area contributed by atoms with Crippen molar-refractivity contribution in [3.63, 3.8) is 0 Å². The van der Waals surface area contributed by atoms with Crippen molar-refractivity contribution >= 4 is 52.1 Å². The van der Waals surface area contributed by atoms with Gasteiger partial charge in [-0.2, -0.15) is 0 Å². The molecule has 2 aromatic heterocycles. The molecule has 5 aromatic rings. The molecule has 3 aromatic carbocycles. The molecule has 7 nitrogen and oxygen atoms in total. The van der Waals surface area contributed by atoms with Crippen LogP contribution in [0.25, 0.3) is 28.8 Å². The van der Waals surface area contributed by atoms with E-state index in [0.717, 1.165) is 26.7 Å². The van der Waals surface area contributed by atoms with Gasteiger partial charge in [-0.1, -0.05) is 36.4 Å². The van der Waals surface area contributed by atoms with Gasteiger partial charge in [0.25, 0.3) is 5.56 Å². The topological polar surface area (TPSA) is 87.0 Å². The Morgan fingerprint density at radius 1 is 0.778 bits per heavy atom. The number of benzene rings is 3. The van der Waals surface area contributed by atoms with Crippen molar-refractivity contribution < 1.29 is 19.1 Å². The molecule has 178 valence electrons. The Bertz CT molecular complexity index is 1800. The van der Waals surface area contributed by atoms with E-state index in [1.165, 1.54) is 25.6 Å². The third-order valence-electron chi connectivity index (χ3n) is 5.67. The summed E-state index contributed by atoms with van der Waals surface area (Å²) in [7, 11) is 2.68. The minimum atomic E-state index is -0.421. The summed E-state index contributed by atoms with van der Waals surface area (Å²) in [5, 5.41) is 0. The maximum Gasteiger partial charge on any atom is 0.337 e. The molecule has 0 amide bonds. The van der Waals surface area contributed by atoms with E-state index < -0.39 is 11.9 Å². The molecule has 0 N–H and O–H groups in total. The first-order valence-corrected chi connectivity index (χ1v) is 11.8. The van der Waals surface area contributed by atoms with Crippen LogP contribution in [-0.4, -0.2) is 35.5 Å². The molecule has 0 saturated heterocycles. The van der Waals surface area contributed by atoms with Crippen LogP contribution in [0.1, 0.15) is 31.8 Å². The second-order valence-corrected chi connectivity index (χ2v) is 8.99. The summed E-state index contributed by atoms with van der Waals surface area (Å²) in [5.74, 6) is -0.827. The number of carbonyl (C=O) groups is 2. The molecule has 8 heteroatoms. The summed E-state index contributed by atoms with van der Waals surface area (Å²) in [5.41, 5.74) is 4.32. The zero-order valence-corrected chi connectivity index (χ0v) is 20.2. The minimum Gasteiger partial charge on any atom is -0.465 e. The van der Waals surface area contributed by atoms with E-state index in [9.17, 15) is 14.4 Å². The Morgan fingerprint density at radius 2 is 1.31 bits per heavy atom. The second-order valence-electron chi connectivity index (χ2n) is 7.91. The summed E-state index contributed by atoms with van der Waals surface area (Å²) in [6.07, 6.45) is 3.73. The Labute approximate surface area is 209 Å². The van der Waals surface area contributed by atoms with Crippen LogP contribution in [0.5, 0.6) is 0 Å². The Balaban J connectivity index is 1.74. The van der Waals surface area contributed by atoms with Crippen LogP contribution in [0.15, 0.2) is 77.6 Å². The highest BCUT2D eigenvalue weighted by atomic mass is 32.1. The molecule has 36 heavy (non-hydrogen) atoms. The number of para-hydroxylation sites is 2. The van der Waals surface area contributed by atoms with Gasteiger partial charge >= 0.3 is 11.9 Å². The predicted molar refractivity (Wildman–Crippen MR) is 139 cm³/mol. The molecule has 0 unspecified atom stereocenters. The van der Waals surface area contributed by atoms with Crippen molar-refractivity contribution in [2.75, 3.05) is 14.2 Å². The van der Waals surface area contributed by atoms with E-state index in [0.29, 0.717) is 21.3 Å². The number of nitrogens with zero attached hydrogens (tertiary/aromatic N) is 2. The second kappa shape index (κ2) is 9.59. The number of ether oxygens (including phenoxy) is 2. The first kappa shape index (κ1) is 23.2.